The lowest BCUT2D eigenvalue weighted by molar-refractivity contribution is 0.212. The molecular weight excluding hydrogens is 194 g/mol. The molecule has 12 heavy (non-hydrogen) atoms. The predicted octanol–water partition coefficient (Wildman–Crippen LogP) is 1.08. The van der Waals surface area contributed by atoms with Crippen molar-refractivity contribution in [2.24, 2.45) is 0 Å². The molecule has 2 aromatic heterocycles. The first-order valence-corrected chi connectivity index (χ1v) is 4.80. The second-order valence-electron chi connectivity index (χ2n) is 2.16. The number of nitrogens with zero attached hydrogens (tertiary/aromatic N) is 3. The van der Waals surface area contributed by atoms with Gasteiger partial charge in [-0.15, -0.1) is 0 Å². The Bertz CT molecular complexity index is 297. The minimum Gasteiger partial charge on any atom is -0.380 e. The molecule has 0 bridgehead atoms. The van der Waals surface area contributed by atoms with Crippen LogP contribution >= 0.6 is 23.3 Å². The SMILES string of the molecule is OC(c1ccsn1)c1cnsn1. The number of rotatable bonds is 2. The van der Waals surface area contributed by atoms with Gasteiger partial charge in [-0.2, -0.15) is 13.1 Å². The van der Waals surface area contributed by atoms with Crippen LogP contribution in [0.5, 0.6) is 0 Å². The average Bonchev–Trinajstić information content (AvgIpc) is 2.77. The summed E-state index contributed by atoms with van der Waals surface area (Å²) >= 11 is 2.39. The van der Waals surface area contributed by atoms with Gasteiger partial charge in [-0.3, -0.25) is 0 Å². The number of aromatic nitrogens is 3. The molecule has 1 N–H and O–H groups in total. The summed E-state index contributed by atoms with van der Waals surface area (Å²) in [6.07, 6.45) is 0.823. The highest BCUT2D eigenvalue weighted by atomic mass is 32.1. The first kappa shape index (κ1) is 7.78. The molecule has 0 aliphatic heterocycles. The molecule has 2 rings (SSSR count). The van der Waals surface area contributed by atoms with E-state index in [4.69, 9.17) is 0 Å². The van der Waals surface area contributed by atoms with Crippen LogP contribution in [0.3, 0.4) is 0 Å². The molecule has 62 valence electrons. The Morgan fingerprint density at radius 1 is 1.33 bits per heavy atom. The van der Waals surface area contributed by atoms with Crippen LogP contribution in [0.2, 0.25) is 0 Å². The van der Waals surface area contributed by atoms with Gasteiger partial charge in [0.05, 0.1) is 23.6 Å². The van der Waals surface area contributed by atoms with Crippen molar-refractivity contribution in [1.29, 1.82) is 0 Å². The summed E-state index contributed by atoms with van der Waals surface area (Å²) < 4.78 is 11.7. The topological polar surface area (TPSA) is 58.9 Å². The Hall–Kier alpha value is -0.850. The second kappa shape index (κ2) is 3.26. The zero-order chi connectivity index (χ0) is 8.39. The highest BCUT2D eigenvalue weighted by molar-refractivity contribution is 7.03. The quantitative estimate of drug-likeness (QED) is 0.786. The van der Waals surface area contributed by atoms with Crippen molar-refractivity contribution in [1.82, 2.24) is 13.1 Å². The van der Waals surface area contributed by atoms with E-state index in [1.807, 2.05) is 5.38 Å². The van der Waals surface area contributed by atoms with Crippen molar-refractivity contribution < 1.29 is 5.11 Å². The van der Waals surface area contributed by atoms with Gasteiger partial charge < -0.3 is 5.11 Å². The van der Waals surface area contributed by atoms with Gasteiger partial charge in [-0.05, 0) is 17.6 Å². The van der Waals surface area contributed by atoms with E-state index < -0.39 is 6.10 Å². The maximum absolute atomic E-state index is 9.62. The van der Waals surface area contributed by atoms with Crippen LogP contribution in [0, 0.1) is 0 Å². The number of aliphatic hydroxyl groups is 1. The Balaban J connectivity index is 2.27. The van der Waals surface area contributed by atoms with Gasteiger partial charge in [0.2, 0.25) is 0 Å². The van der Waals surface area contributed by atoms with Crippen molar-refractivity contribution in [3.63, 3.8) is 0 Å². The molecular formula is C6H5N3OS2. The smallest absolute Gasteiger partial charge is 0.142 e. The molecule has 0 saturated heterocycles. The maximum Gasteiger partial charge on any atom is 0.142 e. The summed E-state index contributed by atoms with van der Waals surface area (Å²) in [6.45, 7) is 0. The lowest BCUT2D eigenvalue weighted by Gasteiger charge is -2.00. The minimum atomic E-state index is -0.727. The van der Waals surface area contributed by atoms with Crippen molar-refractivity contribution in [2.75, 3.05) is 0 Å². The van der Waals surface area contributed by atoms with E-state index in [0.29, 0.717) is 11.4 Å². The summed E-state index contributed by atoms with van der Waals surface area (Å²) in [6, 6.07) is 1.77. The van der Waals surface area contributed by atoms with Crippen LogP contribution in [0.1, 0.15) is 17.5 Å². The highest BCUT2D eigenvalue weighted by Gasteiger charge is 2.14. The molecule has 0 spiro atoms. The number of aliphatic hydroxyl groups excluding tert-OH is 1. The molecule has 2 heterocycles. The molecule has 0 aromatic carbocycles. The van der Waals surface area contributed by atoms with E-state index in [1.165, 1.54) is 11.5 Å². The number of hydrogen-bond donors (Lipinski definition) is 1. The zero-order valence-electron chi connectivity index (χ0n) is 5.91. The van der Waals surface area contributed by atoms with E-state index in [2.05, 4.69) is 13.1 Å². The summed E-state index contributed by atoms with van der Waals surface area (Å²) in [5, 5.41) is 11.4. The van der Waals surface area contributed by atoms with E-state index >= 15 is 0 Å². The van der Waals surface area contributed by atoms with Gasteiger partial charge in [-0.25, -0.2) is 0 Å². The molecule has 0 aliphatic rings. The standard InChI is InChI=1S/C6H5N3OS2/c10-6(4-1-2-11-8-4)5-3-7-12-9-5/h1-3,6,10H. The fourth-order valence-corrected chi connectivity index (χ4v) is 1.79. The Kier molecular flexibility index (Phi) is 2.11. The molecule has 0 fully saturated rings. The largest absolute Gasteiger partial charge is 0.380 e. The zero-order valence-corrected chi connectivity index (χ0v) is 7.55. The molecule has 6 heteroatoms. The summed E-state index contributed by atoms with van der Waals surface area (Å²) in [5.74, 6) is 0. The molecule has 1 unspecified atom stereocenters. The van der Waals surface area contributed by atoms with Crippen molar-refractivity contribution in [2.45, 2.75) is 6.10 Å². The molecule has 0 radical (unpaired) electrons. The molecule has 2 aromatic rings. The molecule has 0 aliphatic carbocycles. The van der Waals surface area contributed by atoms with Crippen molar-refractivity contribution in [3.05, 3.63) is 29.0 Å². The van der Waals surface area contributed by atoms with Gasteiger partial charge in [0.25, 0.3) is 0 Å². The van der Waals surface area contributed by atoms with Crippen LogP contribution in [-0.4, -0.2) is 18.2 Å². The lowest BCUT2D eigenvalue weighted by atomic mass is 10.2. The highest BCUT2D eigenvalue weighted by Crippen LogP contribution is 2.19. The van der Waals surface area contributed by atoms with E-state index in [-0.39, 0.29) is 0 Å². The Labute approximate surface area is 77.0 Å². The van der Waals surface area contributed by atoms with Crippen LogP contribution < -0.4 is 0 Å². The Morgan fingerprint density at radius 2 is 2.25 bits per heavy atom. The van der Waals surface area contributed by atoms with Crippen LogP contribution in [0.4, 0.5) is 0 Å². The van der Waals surface area contributed by atoms with E-state index in [9.17, 15) is 5.11 Å². The average molecular weight is 199 g/mol. The van der Waals surface area contributed by atoms with Gasteiger partial charge in [0.15, 0.2) is 0 Å². The fourth-order valence-electron chi connectivity index (χ4n) is 0.807. The third-order valence-electron chi connectivity index (χ3n) is 1.40. The molecule has 0 saturated carbocycles. The van der Waals surface area contributed by atoms with E-state index in [1.54, 1.807) is 12.3 Å². The van der Waals surface area contributed by atoms with Crippen LogP contribution in [0.15, 0.2) is 17.6 Å². The minimum absolute atomic E-state index is 0.561. The lowest BCUT2D eigenvalue weighted by Crippen LogP contribution is -1.99. The first-order valence-electron chi connectivity index (χ1n) is 3.24. The van der Waals surface area contributed by atoms with Crippen molar-refractivity contribution >= 4 is 23.3 Å². The fraction of sp³-hybridized carbons (Fsp3) is 0.167. The first-order chi connectivity index (χ1) is 5.88. The Morgan fingerprint density at radius 3 is 2.83 bits per heavy atom. The molecule has 1 atom stereocenters. The molecule has 0 amide bonds. The summed E-state index contributed by atoms with van der Waals surface area (Å²) in [7, 11) is 0. The van der Waals surface area contributed by atoms with Crippen LogP contribution in [0.25, 0.3) is 0 Å². The molecule has 4 nitrogen and oxygen atoms in total. The summed E-state index contributed by atoms with van der Waals surface area (Å²) in [4.78, 5) is 0. The third kappa shape index (κ3) is 1.36. The number of hydrogen-bond acceptors (Lipinski definition) is 6. The summed E-state index contributed by atoms with van der Waals surface area (Å²) in [5.41, 5.74) is 1.19. The van der Waals surface area contributed by atoms with Crippen molar-refractivity contribution in [3.8, 4) is 0 Å². The second-order valence-corrected chi connectivity index (χ2v) is 3.38. The predicted molar refractivity (Wildman–Crippen MR) is 46.1 cm³/mol. The third-order valence-corrected chi connectivity index (χ3v) is 2.46. The van der Waals surface area contributed by atoms with Gasteiger partial charge in [-0.1, -0.05) is 0 Å². The van der Waals surface area contributed by atoms with Gasteiger partial charge in [0, 0.05) is 5.38 Å². The normalized spacial score (nSPS) is 13.1. The van der Waals surface area contributed by atoms with Crippen LogP contribution in [-0.2, 0) is 0 Å². The van der Waals surface area contributed by atoms with Gasteiger partial charge in [0.1, 0.15) is 11.8 Å². The monoisotopic (exact) mass is 199 g/mol. The maximum atomic E-state index is 9.62. The van der Waals surface area contributed by atoms with Gasteiger partial charge >= 0.3 is 0 Å². The van der Waals surface area contributed by atoms with E-state index in [0.717, 1.165) is 11.7 Å².